The second-order valence-corrected chi connectivity index (χ2v) is 4.25. The number of aliphatic hydroxyl groups excluding tert-OH is 1. The number of ether oxygens (including phenoxy) is 2. The Balaban J connectivity index is 1.98. The van der Waals surface area contributed by atoms with Gasteiger partial charge in [-0.15, -0.1) is 0 Å². The molecular formula is C13H17NO4. The van der Waals surface area contributed by atoms with Crippen LogP contribution >= 0.6 is 0 Å². The van der Waals surface area contributed by atoms with Crippen LogP contribution < -0.4 is 14.8 Å². The lowest BCUT2D eigenvalue weighted by atomic mass is 10.1. The van der Waals surface area contributed by atoms with Gasteiger partial charge >= 0.3 is 0 Å². The first-order valence-corrected chi connectivity index (χ1v) is 6.03. The van der Waals surface area contributed by atoms with Crippen molar-refractivity contribution in [2.24, 2.45) is 0 Å². The van der Waals surface area contributed by atoms with Crippen molar-refractivity contribution in [3.05, 3.63) is 23.8 Å². The van der Waals surface area contributed by atoms with Crippen molar-refractivity contribution in [1.29, 1.82) is 0 Å². The summed E-state index contributed by atoms with van der Waals surface area (Å²) in [4.78, 5) is 11.8. The van der Waals surface area contributed by atoms with Gasteiger partial charge in [0.2, 0.25) is 0 Å². The van der Waals surface area contributed by atoms with E-state index in [9.17, 15) is 4.79 Å². The van der Waals surface area contributed by atoms with Crippen molar-refractivity contribution in [2.75, 3.05) is 19.8 Å². The number of benzene rings is 1. The standard InChI is InChI=1S/C13H17NO4/c1-9(15)4-5-14-13(16)10-2-3-11-12(8-10)18-7-6-17-11/h2-3,8-9,15H,4-7H2,1H3,(H,14,16). The second-order valence-electron chi connectivity index (χ2n) is 4.25. The predicted molar refractivity (Wildman–Crippen MR) is 66.1 cm³/mol. The first-order chi connectivity index (χ1) is 8.66. The zero-order chi connectivity index (χ0) is 13.0. The lowest BCUT2D eigenvalue weighted by molar-refractivity contribution is 0.0944. The minimum Gasteiger partial charge on any atom is -0.486 e. The van der Waals surface area contributed by atoms with Gasteiger partial charge < -0.3 is 19.9 Å². The summed E-state index contributed by atoms with van der Waals surface area (Å²) in [6.45, 7) is 3.17. The van der Waals surface area contributed by atoms with E-state index in [4.69, 9.17) is 14.6 Å². The molecule has 0 bridgehead atoms. The fourth-order valence-electron chi connectivity index (χ4n) is 1.68. The van der Waals surface area contributed by atoms with Gasteiger partial charge in [0.15, 0.2) is 11.5 Å². The summed E-state index contributed by atoms with van der Waals surface area (Å²) in [6, 6.07) is 5.11. The van der Waals surface area contributed by atoms with Crippen LogP contribution in [0.25, 0.3) is 0 Å². The average molecular weight is 251 g/mol. The van der Waals surface area contributed by atoms with Crippen LogP contribution in [0.4, 0.5) is 0 Å². The molecule has 1 amide bonds. The number of hydrogen-bond donors (Lipinski definition) is 2. The van der Waals surface area contributed by atoms with E-state index in [-0.39, 0.29) is 5.91 Å². The molecule has 0 aliphatic carbocycles. The molecule has 0 fully saturated rings. The van der Waals surface area contributed by atoms with Gasteiger partial charge in [-0.2, -0.15) is 0 Å². The Bertz CT molecular complexity index is 431. The van der Waals surface area contributed by atoms with Gasteiger partial charge in [-0.25, -0.2) is 0 Å². The Hall–Kier alpha value is -1.75. The summed E-state index contributed by atoms with van der Waals surface area (Å²) >= 11 is 0. The number of nitrogens with one attached hydrogen (secondary N) is 1. The highest BCUT2D eigenvalue weighted by molar-refractivity contribution is 5.94. The molecule has 1 unspecified atom stereocenters. The maximum atomic E-state index is 11.8. The monoisotopic (exact) mass is 251 g/mol. The number of rotatable bonds is 4. The highest BCUT2D eigenvalue weighted by Crippen LogP contribution is 2.30. The number of carbonyl (C=O) groups excluding carboxylic acids is 1. The smallest absolute Gasteiger partial charge is 0.251 e. The molecule has 2 N–H and O–H groups in total. The summed E-state index contributed by atoms with van der Waals surface area (Å²) in [5.41, 5.74) is 0.532. The van der Waals surface area contributed by atoms with E-state index in [0.717, 1.165) is 0 Å². The van der Waals surface area contributed by atoms with Crippen LogP contribution in [0.5, 0.6) is 11.5 Å². The third-order valence-corrected chi connectivity index (χ3v) is 2.65. The van der Waals surface area contributed by atoms with Crippen molar-refractivity contribution < 1.29 is 19.4 Å². The fraction of sp³-hybridized carbons (Fsp3) is 0.462. The van der Waals surface area contributed by atoms with Crippen LogP contribution in [0.1, 0.15) is 23.7 Å². The molecule has 0 radical (unpaired) electrons. The maximum absolute atomic E-state index is 11.8. The molecule has 0 aromatic heterocycles. The minimum atomic E-state index is -0.412. The molecule has 1 atom stereocenters. The molecule has 18 heavy (non-hydrogen) atoms. The first-order valence-electron chi connectivity index (χ1n) is 6.03. The summed E-state index contributed by atoms with van der Waals surface area (Å²) < 4.78 is 10.8. The molecule has 1 aromatic rings. The number of aliphatic hydroxyl groups is 1. The van der Waals surface area contributed by atoms with Crippen LogP contribution in [-0.4, -0.2) is 36.9 Å². The lowest BCUT2D eigenvalue weighted by Crippen LogP contribution is -2.26. The van der Waals surface area contributed by atoms with Gasteiger partial charge in [0.05, 0.1) is 6.10 Å². The quantitative estimate of drug-likeness (QED) is 0.836. The molecule has 2 rings (SSSR count). The highest BCUT2D eigenvalue weighted by atomic mass is 16.6. The predicted octanol–water partition coefficient (Wildman–Crippen LogP) is 0.959. The van der Waals surface area contributed by atoms with Gasteiger partial charge in [-0.05, 0) is 31.5 Å². The molecule has 5 heteroatoms. The zero-order valence-corrected chi connectivity index (χ0v) is 10.3. The fourth-order valence-corrected chi connectivity index (χ4v) is 1.68. The van der Waals surface area contributed by atoms with E-state index in [2.05, 4.69) is 5.32 Å². The van der Waals surface area contributed by atoms with Gasteiger partial charge in [0, 0.05) is 12.1 Å². The van der Waals surface area contributed by atoms with E-state index in [1.165, 1.54) is 0 Å². The van der Waals surface area contributed by atoms with Crippen molar-refractivity contribution in [1.82, 2.24) is 5.32 Å². The Kier molecular flexibility index (Phi) is 4.04. The van der Waals surface area contributed by atoms with E-state index in [1.54, 1.807) is 25.1 Å². The number of hydrogen-bond acceptors (Lipinski definition) is 4. The van der Waals surface area contributed by atoms with E-state index in [1.807, 2.05) is 0 Å². The Labute approximate surface area is 106 Å². The van der Waals surface area contributed by atoms with Crippen LogP contribution in [-0.2, 0) is 0 Å². The van der Waals surface area contributed by atoms with Gasteiger partial charge in [-0.3, -0.25) is 4.79 Å². The first kappa shape index (κ1) is 12.7. The summed E-state index contributed by atoms with van der Waals surface area (Å²) in [6.07, 6.45) is 0.126. The van der Waals surface area contributed by atoms with Gasteiger partial charge in [-0.1, -0.05) is 0 Å². The Morgan fingerprint density at radius 1 is 1.39 bits per heavy atom. The maximum Gasteiger partial charge on any atom is 0.251 e. The van der Waals surface area contributed by atoms with Gasteiger partial charge in [0.1, 0.15) is 13.2 Å². The molecule has 1 aliphatic rings. The van der Waals surface area contributed by atoms with Crippen molar-refractivity contribution in [2.45, 2.75) is 19.4 Å². The summed E-state index contributed by atoms with van der Waals surface area (Å²) in [5.74, 6) is 1.10. The van der Waals surface area contributed by atoms with Crippen LogP contribution in [0.15, 0.2) is 18.2 Å². The van der Waals surface area contributed by atoms with E-state index in [0.29, 0.717) is 43.2 Å². The molecule has 0 saturated heterocycles. The van der Waals surface area contributed by atoms with Gasteiger partial charge in [0.25, 0.3) is 5.91 Å². The van der Waals surface area contributed by atoms with E-state index < -0.39 is 6.10 Å². The van der Waals surface area contributed by atoms with E-state index >= 15 is 0 Å². The Morgan fingerprint density at radius 3 is 2.83 bits per heavy atom. The SMILES string of the molecule is CC(O)CCNC(=O)c1ccc2c(c1)OCCO2. The minimum absolute atomic E-state index is 0.173. The van der Waals surface area contributed by atoms with Crippen molar-refractivity contribution in [3.63, 3.8) is 0 Å². The summed E-state index contributed by atoms with van der Waals surface area (Å²) in [5, 5.41) is 11.8. The number of fused-ring (bicyclic) bond motifs is 1. The molecule has 0 saturated carbocycles. The molecule has 0 spiro atoms. The normalized spacial score (nSPS) is 15.0. The Morgan fingerprint density at radius 2 is 2.11 bits per heavy atom. The third kappa shape index (κ3) is 3.13. The topological polar surface area (TPSA) is 67.8 Å². The highest BCUT2D eigenvalue weighted by Gasteiger charge is 2.14. The van der Waals surface area contributed by atoms with Crippen LogP contribution in [0, 0.1) is 0 Å². The largest absolute Gasteiger partial charge is 0.486 e. The number of amides is 1. The molecule has 5 nitrogen and oxygen atoms in total. The third-order valence-electron chi connectivity index (χ3n) is 2.65. The molecule has 98 valence electrons. The molecular weight excluding hydrogens is 234 g/mol. The molecule has 1 heterocycles. The molecule has 1 aliphatic heterocycles. The number of carbonyl (C=O) groups is 1. The van der Waals surface area contributed by atoms with Crippen LogP contribution in [0.2, 0.25) is 0 Å². The summed E-state index contributed by atoms with van der Waals surface area (Å²) in [7, 11) is 0. The zero-order valence-electron chi connectivity index (χ0n) is 10.3. The molecule has 1 aromatic carbocycles. The van der Waals surface area contributed by atoms with Crippen molar-refractivity contribution in [3.8, 4) is 11.5 Å². The second kappa shape index (κ2) is 5.73. The van der Waals surface area contributed by atoms with Crippen LogP contribution in [0.3, 0.4) is 0 Å². The average Bonchev–Trinajstić information content (AvgIpc) is 2.37. The van der Waals surface area contributed by atoms with Crippen molar-refractivity contribution >= 4 is 5.91 Å². The lowest BCUT2D eigenvalue weighted by Gasteiger charge is -2.18.